The van der Waals surface area contributed by atoms with Gasteiger partial charge < -0.3 is 25.5 Å². The fourth-order valence-electron chi connectivity index (χ4n) is 4.93. The van der Waals surface area contributed by atoms with Crippen LogP contribution in [0.4, 0.5) is 0 Å². The number of aliphatic hydroxyl groups is 1. The van der Waals surface area contributed by atoms with Crippen LogP contribution in [-0.4, -0.2) is 62.2 Å². The number of terminal acetylenes is 1. The van der Waals surface area contributed by atoms with Crippen molar-refractivity contribution < 1.29 is 14.6 Å². The number of aromatic nitrogens is 4. The Bertz CT molecular complexity index is 1570. The van der Waals surface area contributed by atoms with Crippen LogP contribution in [0.3, 0.4) is 0 Å². The van der Waals surface area contributed by atoms with E-state index in [1.165, 1.54) is 7.11 Å². The zero-order chi connectivity index (χ0) is 29.7. The lowest BCUT2D eigenvalue weighted by atomic mass is 10.0. The number of amides is 1. The molecule has 10 nitrogen and oxygen atoms in total. The second-order valence-corrected chi connectivity index (χ2v) is 9.91. The molecular weight excluding hydrogens is 542 g/mol. The predicted octanol–water partition coefficient (Wildman–Crippen LogP) is 3.09. The Morgan fingerprint density at radius 2 is 2.12 bits per heavy atom. The molecule has 214 valence electrons. The summed E-state index contributed by atoms with van der Waals surface area (Å²) in [6, 6.07) is 5.41. The fourth-order valence-corrected chi connectivity index (χ4v) is 5.24. The summed E-state index contributed by atoms with van der Waals surface area (Å²) < 4.78 is 7.22. The zero-order valence-corrected chi connectivity index (χ0v) is 24.4. The van der Waals surface area contributed by atoms with E-state index in [2.05, 4.69) is 31.1 Å². The molecule has 1 aliphatic rings. The molecule has 0 atom stereocenters. The van der Waals surface area contributed by atoms with Crippen LogP contribution in [0.1, 0.15) is 47.1 Å². The van der Waals surface area contributed by atoms with Gasteiger partial charge in [-0.25, -0.2) is 9.97 Å². The largest absolute Gasteiger partial charge is 0.481 e. The van der Waals surface area contributed by atoms with Gasteiger partial charge in [0.15, 0.2) is 5.82 Å². The van der Waals surface area contributed by atoms with Gasteiger partial charge in [0.25, 0.3) is 5.91 Å². The van der Waals surface area contributed by atoms with Crippen molar-refractivity contribution in [3.05, 3.63) is 75.2 Å². The monoisotopic (exact) mass is 575 g/mol. The van der Waals surface area contributed by atoms with Gasteiger partial charge in [-0.05, 0) is 31.6 Å². The molecule has 0 bridgehead atoms. The summed E-state index contributed by atoms with van der Waals surface area (Å²) in [5.74, 6) is 3.06. The molecule has 1 amide bonds. The highest BCUT2D eigenvalue weighted by Gasteiger charge is 2.26. The molecular formula is C30H34ClN7O3. The van der Waals surface area contributed by atoms with Crippen molar-refractivity contribution in [2.75, 3.05) is 26.8 Å². The van der Waals surface area contributed by atoms with Crippen molar-refractivity contribution >= 4 is 23.1 Å². The number of halogens is 1. The first kappa shape index (κ1) is 30.0. The van der Waals surface area contributed by atoms with E-state index in [4.69, 9.17) is 28.5 Å². The van der Waals surface area contributed by atoms with Crippen LogP contribution in [0.25, 0.3) is 16.8 Å². The maximum absolute atomic E-state index is 13.4. The number of fused-ring (bicyclic) bond motifs is 1. The van der Waals surface area contributed by atoms with Crippen LogP contribution in [0, 0.1) is 12.3 Å². The number of ether oxygens (including phenoxy) is 1. The quantitative estimate of drug-likeness (QED) is 0.262. The number of imidazole rings is 1. The molecule has 0 unspecified atom stereocenters. The van der Waals surface area contributed by atoms with E-state index in [0.717, 1.165) is 29.9 Å². The summed E-state index contributed by atoms with van der Waals surface area (Å²) in [5.41, 5.74) is 11.6. The van der Waals surface area contributed by atoms with Crippen molar-refractivity contribution in [3.8, 4) is 29.5 Å². The predicted molar refractivity (Wildman–Crippen MR) is 159 cm³/mol. The molecule has 4 heterocycles. The number of β-amino-alcohol motifs (C(OH)–C–C–N with tert-alkyl or cyclic N) is 1. The summed E-state index contributed by atoms with van der Waals surface area (Å²) in [5, 5.41) is 12.6. The molecule has 0 spiro atoms. The summed E-state index contributed by atoms with van der Waals surface area (Å²) in [7, 11) is 3.37. The van der Waals surface area contributed by atoms with Crippen LogP contribution in [-0.2, 0) is 26.6 Å². The number of nitrogens with two attached hydrogens (primary N) is 1. The third kappa shape index (κ3) is 6.04. The Morgan fingerprint density at radius 1 is 1.34 bits per heavy atom. The van der Waals surface area contributed by atoms with E-state index in [9.17, 15) is 9.90 Å². The van der Waals surface area contributed by atoms with Crippen molar-refractivity contribution in [1.82, 2.24) is 29.7 Å². The number of hydrogen-bond donors (Lipinski definition) is 3. The first-order chi connectivity index (χ1) is 19.8. The molecule has 0 aromatic carbocycles. The minimum atomic E-state index is -0.358. The Labute approximate surface area is 244 Å². The van der Waals surface area contributed by atoms with Crippen molar-refractivity contribution in [2.45, 2.75) is 33.4 Å². The first-order valence-electron chi connectivity index (χ1n) is 13.2. The van der Waals surface area contributed by atoms with Gasteiger partial charge in [-0.15, -0.1) is 6.42 Å². The summed E-state index contributed by atoms with van der Waals surface area (Å²) in [4.78, 5) is 29.2. The lowest BCUT2D eigenvalue weighted by molar-refractivity contribution is 0.0953. The fraction of sp³-hybridized carbons (Fsp3) is 0.333. The molecule has 3 aromatic heterocycles. The van der Waals surface area contributed by atoms with E-state index in [1.807, 2.05) is 37.6 Å². The number of methoxy groups -OCH3 is 1. The van der Waals surface area contributed by atoms with Crippen molar-refractivity contribution in [3.63, 3.8) is 0 Å². The Morgan fingerprint density at radius 3 is 2.78 bits per heavy atom. The SMILES string of the molecule is C#C/C(=C(C)\C(=C/C)NC(=O)c1nc2c(n1C)CCN(CCO)C2)c1nccc(-c2ccc(CN)c(OC)n2)c1Cl. The lowest BCUT2D eigenvalue weighted by Gasteiger charge is -2.25. The van der Waals surface area contributed by atoms with E-state index in [-0.39, 0.29) is 19.1 Å². The van der Waals surface area contributed by atoms with Crippen LogP contribution in [0.5, 0.6) is 5.88 Å². The smallest absolute Gasteiger partial charge is 0.291 e. The van der Waals surface area contributed by atoms with Gasteiger partial charge in [0.2, 0.25) is 5.88 Å². The number of rotatable bonds is 9. The molecule has 0 aliphatic carbocycles. The van der Waals surface area contributed by atoms with E-state index in [0.29, 0.717) is 63.6 Å². The average Bonchev–Trinajstić information content (AvgIpc) is 3.32. The van der Waals surface area contributed by atoms with Crippen molar-refractivity contribution in [1.29, 1.82) is 0 Å². The number of carbonyl (C=O) groups is 1. The Hall–Kier alpha value is -4.01. The Kier molecular flexibility index (Phi) is 9.57. The highest BCUT2D eigenvalue weighted by Crippen LogP contribution is 2.35. The lowest BCUT2D eigenvalue weighted by Crippen LogP contribution is -2.33. The number of allylic oxidation sites excluding steroid dienone is 3. The summed E-state index contributed by atoms with van der Waals surface area (Å²) >= 11 is 6.86. The Balaban J connectivity index is 1.65. The van der Waals surface area contributed by atoms with Gasteiger partial charge in [-0.2, -0.15) is 0 Å². The first-order valence-corrected chi connectivity index (χ1v) is 13.6. The molecule has 41 heavy (non-hydrogen) atoms. The topological polar surface area (TPSA) is 131 Å². The van der Waals surface area contributed by atoms with Crippen molar-refractivity contribution in [2.24, 2.45) is 12.8 Å². The maximum atomic E-state index is 13.4. The van der Waals surface area contributed by atoms with Gasteiger partial charge in [0.05, 0.1) is 41.4 Å². The zero-order valence-electron chi connectivity index (χ0n) is 23.7. The number of hydrogen-bond acceptors (Lipinski definition) is 8. The van der Waals surface area contributed by atoms with Crippen LogP contribution >= 0.6 is 11.6 Å². The van der Waals surface area contributed by atoms with E-state index in [1.54, 1.807) is 18.3 Å². The minimum absolute atomic E-state index is 0.0797. The number of aliphatic hydroxyl groups excluding tert-OH is 1. The standard InChI is InChI=1S/C30H34ClN7O3/c1-6-20(27-26(31)21(10-12-33-27)23-9-8-19(16-32)30(36-23)41-5)18(3)22(7-2)35-29(40)28-34-24-17-38(14-15-39)13-11-25(24)37(28)4/h1,7-10,12,39H,11,13-17,32H2,2-5H3,(H,35,40)/b20-18+,22-7+. The van der Waals surface area contributed by atoms with Crippen LogP contribution < -0.4 is 15.8 Å². The van der Waals surface area contributed by atoms with E-state index < -0.39 is 0 Å². The summed E-state index contributed by atoms with van der Waals surface area (Å²) in [6.07, 6.45) is 10.1. The summed E-state index contributed by atoms with van der Waals surface area (Å²) in [6.45, 7) is 5.94. The second-order valence-electron chi connectivity index (χ2n) is 9.53. The van der Waals surface area contributed by atoms with Gasteiger partial charge in [0, 0.05) is 68.4 Å². The number of pyridine rings is 2. The average molecular weight is 576 g/mol. The molecule has 0 radical (unpaired) electrons. The van der Waals surface area contributed by atoms with Gasteiger partial charge in [-0.3, -0.25) is 14.7 Å². The number of nitrogens with one attached hydrogen (secondary N) is 1. The molecule has 0 saturated heterocycles. The van der Waals surface area contributed by atoms with Gasteiger partial charge >= 0.3 is 0 Å². The maximum Gasteiger partial charge on any atom is 0.291 e. The third-order valence-corrected chi connectivity index (χ3v) is 7.55. The highest BCUT2D eigenvalue weighted by atomic mass is 35.5. The van der Waals surface area contributed by atoms with Crippen LogP contribution in [0.2, 0.25) is 5.02 Å². The molecule has 4 N–H and O–H groups in total. The third-order valence-electron chi connectivity index (χ3n) is 7.17. The van der Waals surface area contributed by atoms with E-state index >= 15 is 0 Å². The highest BCUT2D eigenvalue weighted by molar-refractivity contribution is 6.35. The molecule has 1 aliphatic heterocycles. The molecule has 11 heteroatoms. The molecule has 0 fully saturated rings. The second kappa shape index (κ2) is 13.1. The minimum Gasteiger partial charge on any atom is -0.481 e. The van der Waals surface area contributed by atoms with Gasteiger partial charge in [-0.1, -0.05) is 29.7 Å². The number of nitrogens with zero attached hydrogens (tertiary/aromatic N) is 5. The van der Waals surface area contributed by atoms with Gasteiger partial charge in [0.1, 0.15) is 0 Å². The van der Waals surface area contributed by atoms with Crippen LogP contribution in [0.15, 0.2) is 41.7 Å². The molecule has 0 saturated carbocycles. The molecule has 3 aromatic rings. The number of carbonyl (C=O) groups excluding carboxylic acids is 1. The normalized spacial score (nSPS) is 14.2. The molecule has 4 rings (SSSR count).